The normalized spacial score (nSPS) is 21.6. The summed E-state index contributed by atoms with van der Waals surface area (Å²) in [6.45, 7) is 3.10. The van der Waals surface area contributed by atoms with Crippen molar-refractivity contribution < 1.29 is 23.9 Å². The van der Waals surface area contributed by atoms with E-state index in [1.165, 1.54) is 6.08 Å². The molecule has 2 aromatic heterocycles. The number of aromatic nitrogens is 2. The lowest BCUT2D eigenvalue weighted by Gasteiger charge is -2.38. The van der Waals surface area contributed by atoms with Crippen LogP contribution < -0.4 is 10.6 Å². The maximum absolute atomic E-state index is 14.6. The van der Waals surface area contributed by atoms with Gasteiger partial charge in [-0.1, -0.05) is 66.6 Å². The van der Waals surface area contributed by atoms with Gasteiger partial charge in [0, 0.05) is 52.8 Å². The number of aryl methyl sites for hydroxylation is 1. The zero-order valence-corrected chi connectivity index (χ0v) is 29.9. The molecule has 0 saturated carbocycles. The SMILES string of the molecule is C#C[C@]1(C(=O)OCCCc2ccccc2NC(=O)/C=C/CN(C)C)CC2O[C@]1(C)n1c3ccccc3c3c4c(c5c6ccccc6n2c5c31)C(=O)NC4. The summed E-state index contributed by atoms with van der Waals surface area (Å²) in [6, 6.07) is 23.7. The molecule has 1 saturated heterocycles. The third kappa shape index (κ3) is 4.64. The number of fused-ring (bicyclic) bond motifs is 13. The predicted octanol–water partition coefficient (Wildman–Crippen LogP) is 6.60. The minimum Gasteiger partial charge on any atom is -0.464 e. The Morgan fingerprint density at radius 1 is 1.04 bits per heavy atom. The number of nitrogens with one attached hydrogen (secondary N) is 2. The molecule has 5 heterocycles. The molecular formula is C43H39N5O5. The van der Waals surface area contributed by atoms with Crippen LogP contribution >= 0.6 is 0 Å². The monoisotopic (exact) mass is 705 g/mol. The fourth-order valence-electron chi connectivity index (χ4n) is 8.95. The summed E-state index contributed by atoms with van der Waals surface area (Å²) < 4.78 is 17.5. The van der Waals surface area contributed by atoms with E-state index in [4.69, 9.17) is 15.9 Å². The molecule has 10 heteroatoms. The van der Waals surface area contributed by atoms with Crippen LogP contribution in [0.15, 0.2) is 84.9 Å². The van der Waals surface area contributed by atoms with Gasteiger partial charge < -0.3 is 34.1 Å². The van der Waals surface area contributed by atoms with E-state index in [1.54, 1.807) is 0 Å². The number of rotatable bonds is 9. The highest BCUT2D eigenvalue weighted by molar-refractivity contribution is 6.31. The largest absolute Gasteiger partial charge is 0.464 e. The lowest BCUT2D eigenvalue weighted by molar-refractivity contribution is -0.174. The molecule has 0 radical (unpaired) electrons. The van der Waals surface area contributed by atoms with E-state index in [-0.39, 0.29) is 24.8 Å². The van der Waals surface area contributed by atoms with Crippen LogP contribution in [0, 0.1) is 17.8 Å². The third-order valence-corrected chi connectivity index (χ3v) is 11.3. The molecule has 3 aliphatic rings. The van der Waals surface area contributed by atoms with Crippen molar-refractivity contribution in [1.29, 1.82) is 0 Å². The standard InChI is InChI=1S/C43H39N5O5/c1-5-43(41(51)52-23-13-15-26-14-6-9-18-30(26)45-33(49)21-12-22-46(3)4)24-34-47-31-19-10-7-16-27(31)36-37-29(25-44-40(37)50)35-28-17-8-11-20-32(28)48(39(35)38(36)47)42(43,2)53-34/h1,6-12,14,16-21,34H,13,15,22-25H2,2-4H3,(H,44,50)(H,45,49)/b21-12+/t34?,42-,43+/m0/s1. The molecule has 2 bridgehead atoms. The molecule has 3 atom stereocenters. The first-order valence-electron chi connectivity index (χ1n) is 18.0. The molecule has 9 rings (SSSR count). The van der Waals surface area contributed by atoms with Gasteiger partial charge in [-0.05, 0) is 63.2 Å². The molecule has 1 fully saturated rings. The number of para-hydroxylation sites is 3. The lowest BCUT2D eigenvalue weighted by Crippen LogP contribution is -2.50. The van der Waals surface area contributed by atoms with Gasteiger partial charge in [0.15, 0.2) is 11.1 Å². The maximum Gasteiger partial charge on any atom is 0.329 e. The van der Waals surface area contributed by atoms with E-state index in [9.17, 15) is 14.4 Å². The summed E-state index contributed by atoms with van der Waals surface area (Å²) in [6.07, 6.45) is 10.5. The van der Waals surface area contributed by atoms with Crippen LogP contribution in [0.2, 0.25) is 0 Å². The number of nitrogens with zero attached hydrogens (tertiary/aromatic N) is 3. The van der Waals surface area contributed by atoms with Crippen LogP contribution in [-0.2, 0) is 37.8 Å². The Morgan fingerprint density at radius 3 is 2.53 bits per heavy atom. The fraction of sp³-hybridized carbons (Fsp3) is 0.279. The number of benzene rings is 4. The second kappa shape index (κ2) is 12.1. The van der Waals surface area contributed by atoms with Gasteiger partial charge in [0.2, 0.25) is 5.91 Å². The first-order valence-corrected chi connectivity index (χ1v) is 18.0. The summed E-state index contributed by atoms with van der Waals surface area (Å²) in [5.41, 5.74) is 4.03. The molecule has 0 spiro atoms. The lowest BCUT2D eigenvalue weighted by atomic mass is 9.76. The van der Waals surface area contributed by atoms with Crippen LogP contribution in [0.5, 0.6) is 0 Å². The Bertz CT molecular complexity index is 2620. The Morgan fingerprint density at radius 2 is 1.75 bits per heavy atom. The number of amides is 2. The second-order valence-electron chi connectivity index (χ2n) is 14.6. The molecule has 53 heavy (non-hydrogen) atoms. The van der Waals surface area contributed by atoms with Crippen molar-refractivity contribution in [2.75, 3.05) is 32.6 Å². The van der Waals surface area contributed by atoms with E-state index in [0.717, 1.165) is 60.4 Å². The number of anilines is 1. The van der Waals surface area contributed by atoms with Gasteiger partial charge in [0.05, 0.1) is 34.2 Å². The molecule has 2 amide bonds. The Labute approximate surface area is 306 Å². The van der Waals surface area contributed by atoms with Gasteiger partial charge >= 0.3 is 5.97 Å². The summed E-state index contributed by atoms with van der Waals surface area (Å²) in [7, 11) is 3.88. The van der Waals surface area contributed by atoms with Crippen LogP contribution in [0.1, 0.15) is 47.5 Å². The van der Waals surface area contributed by atoms with E-state index in [2.05, 4.69) is 31.8 Å². The topological polar surface area (TPSA) is 107 Å². The highest BCUT2D eigenvalue weighted by atomic mass is 16.6. The van der Waals surface area contributed by atoms with Crippen molar-refractivity contribution in [1.82, 2.24) is 19.4 Å². The average molecular weight is 706 g/mol. The molecule has 1 unspecified atom stereocenters. The maximum atomic E-state index is 14.6. The van der Waals surface area contributed by atoms with Gasteiger partial charge in [-0.15, -0.1) is 6.42 Å². The Hall–Kier alpha value is -5.89. The first-order chi connectivity index (χ1) is 25.7. The quantitative estimate of drug-likeness (QED) is 0.0760. The van der Waals surface area contributed by atoms with Crippen LogP contribution in [-0.4, -0.2) is 59.1 Å². The summed E-state index contributed by atoms with van der Waals surface area (Å²) in [5, 5.41) is 9.82. The zero-order chi connectivity index (χ0) is 36.6. The number of carbonyl (C=O) groups excluding carboxylic acids is 3. The number of ether oxygens (including phenoxy) is 2. The van der Waals surface area contributed by atoms with E-state index < -0.39 is 23.3 Å². The minimum absolute atomic E-state index is 0.0911. The smallest absolute Gasteiger partial charge is 0.329 e. The average Bonchev–Trinajstić information content (AvgIpc) is 3.86. The van der Waals surface area contributed by atoms with Crippen molar-refractivity contribution >= 4 is 67.1 Å². The van der Waals surface area contributed by atoms with Crippen LogP contribution in [0.25, 0.3) is 43.6 Å². The van der Waals surface area contributed by atoms with E-state index in [0.29, 0.717) is 31.5 Å². The number of esters is 1. The number of terminal acetylenes is 1. The van der Waals surface area contributed by atoms with Gasteiger partial charge in [0.25, 0.3) is 5.91 Å². The van der Waals surface area contributed by atoms with Crippen molar-refractivity contribution in [3.05, 3.63) is 102 Å². The fourth-order valence-corrected chi connectivity index (χ4v) is 8.95. The van der Waals surface area contributed by atoms with Gasteiger partial charge in [0.1, 0.15) is 6.23 Å². The number of hydrogen-bond donors (Lipinski definition) is 2. The highest BCUT2D eigenvalue weighted by Crippen LogP contribution is 2.61. The first kappa shape index (κ1) is 33.0. The number of carbonyl (C=O) groups is 3. The summed E-state index contributed by atoms with van der Waals surface area (Å²) >= 11 is 0. The second-order valence-corrected chi connectivity index (χ2v) is 14.6. The van der Waals surface area contributed by atoms with Gasteiger partial charge in [-0.25, -0.2) is 0 Å². The Kier molecular flexibility index (Phi) is 7.52. The van der Waals surface area contributed by atoms with Crippen LogP contribution in [0.4, 0.5) is 5.69 Å². The summed E-state index contributed by atoms with van der Waals surface area (Å²) in [4.78, 5) is 42.7. The number of likely N-dealkylation sites (N-methyl/N-ethyl adjacent to an activating group) is 1. The molecular weight excluding hydrogens is 667 g/mol. The zero-order valence-electron chi connectivity index (χ0n) is 29.9. The molecule has 6 aromatic rings. The Balaban J connectivity index is 1.09. The molecule has 0 aliphatic carbocycles. The molecule has 3 aliphatic heterocycles. The van der Waals surface area contributed by atoms with Crippen molar-refractivity contribution in [2.45, 2.75) is 44.7 Å². The minimum atomic E-state index is -1.49. The van der Waals surface area contributed by atoms with E-state index >= 15 is 0 Å². The predicted molar refractivity (Wildman–Crippen MR) is 205 cm³/mol. The summed E-state index contributed by atoms with van der Waals surface area (Å²) in [5.74, 6) is 2.12. The molecule has 10 nitrogen and oxygen atoms in total. The molecule has 4 aromatic carbocycles. The van der Waals surface area contributed by atoms with Crippen molar-refractivity contribution in [3.8, 4) is 12.3 Å². The third-order valence-electron chi connectivity index (χ3n) is 11.3. The van der Waals surface area contributed by atoms with Crippen molar-refractivity contribution in [3.63, 3.8) is 0 Å². The highest BCUT2D eigenvalue weighted by Gasteiger charge is 2.66. The van der Waals surface area contributed by atoms with E-state index in [1.807, 2.05) is 98.7 Å². The van der Waals surface area contributed by atoms with Gasteiger partial charge in [-0.2, -0.15) is 0 Å². The van der Waals surface area contributed by atoms with Gasteiger partial charge in [-0.3, -0.25) is 14.4 Å². The molecule has 2 N–H and O–H groups in total. The molecule has 266 valence electrons. The van der Waals surface area contributed by atoms with Crippen LogP contribution in [0.3, 0.4) is 0 Å². The van der Waals surface area contributed by atoms with Crippen molar-refractivity contribution in [2.24, 2.45) is 5.41 Å². The number of hydrogen-bond acceptors (Lipinski definition) is 6.